The van der Waals surface area contributed by atoms with Crippen LogP contribution in [0, 0.1) is 0 Å². The van der Waals surface area contributed by atoms with Crippen LogP contribution in [0.15, 0.2) is 30.6 Å². The molecule has 1 rings (SSSR count). The number of rotatable bonds is 6. The summed E-state index contributed by atoms with van der Waals surface area (Å²) in [6.45, 7) is 3.09. The first-order valence-electron chi connectivity index (χ1n) is 5.71. The molecule has 0 aromatic carbocycles. The van der Waals surface area contributed by atoms with E-state index in [-0.39, 0.29) is 0 Å². The van der Waals surface area contributed by atoms with Crippen LogP contribution < -0.4 is 5.32 Å². The summed E-state index contributed by atoms with van der Waals surface area (Å²) in [5, 5.41) is 3.84. The summed E-state index contributed by atoms with van der Waals surface area (Å²) in [5.41, 5.74) is 2.04. The average Bonchev–Trinajstić information content (AvgIpc) is 2.38. The molecule has 0 saturated carbocycles. The lowest BCUT2D eigenvalue weighted by Gasteiger charge is -2.11. The van der Waals surface area contributed by atoms with Crippen molar-refractivity contribution >= 4 is 23.0 Å². The number of hydrogen-bond acceptors (Lipinski definition) is 4. The van der Waals surface area contributed by atoms with Crippen LogP contribution in [0.4, 0.5) is 0 Å². The summed E-state index contributed by atoms with van der Waals surface area (Å²) in [6, 6.07) is 3.89. The number of nitrogens with one attached hydrogen (secondary N) is 1. The molecule has 1 aromatic heterocycles. The standard InChI is InChI=1S/C13H18N2OS/c1-3-4-7-15-12(10-13(17)16-2)11-5-8-14-9-6-11/h5-6,8-10,15H,3-4,7H2,1-2H3/b12-10-. The largest absolute Gasteiger partial charge is 0.487 e. The number of ether oxygens (including phenoxy) is 1. The quantitative estimate of drug-likeness (QED) is 0.478. The normalized spacial score (nSPS) is 11.1. The molecule has 1 N–H and O–H groups in total. The van der Waals surface area contributed by atoms with Crippen LogP contribution >= 0.6 is 12.2 Å². The molecular formula is C13H18N2OS. The molecule has 0 unspecified atom stereocenters. The van der Waals surface area contributed by atoms with E-state index in [1.54, 1.807) is 19.5 Å². The Morgan fingerprint density at radius 3 is 2.76 bits per heavy atom. The lowest BCUT2D eigenvalue weighted by atomic mass is 10.2. The minimum absolute atomic E-state index is 0.473. The summed E-state index contributed by atoms with van der Waals surface area (Å²) in [4.78, 5) is 4.00. The molecule has 0 amide bonds. The molecule has 92 valence electrons. The van der Waals surface area contributed by atoms with Gasteiger partial charge in [0.15, 0.2) is 5.05 Å². The van der Waals surface area contributed by atoms with Crippen molar-refractivity contribution in [1.29, 1.82) is 0 Å². The maximum atomic E-state index is 5.06. The molecule has 0 atom stereocenters. The first kappa shape index (κ1) is 13.6. The Morgan fingerprint density at radius 1 is 1.47 bits per heavy atom. The predicted octanol–water partition coefficient (Wildman–Crippen LogP) is 2.79. The molecule has 0 fully saturated rings. The Hall–Kier alpha value is -1.42. The lowest BCUT2D eigenvalue weighted by molar-refractivity contribution is 0.418. The van der Waals surface area contributed by atoms with Gasteiger partial charge in [0.1, 0.15) is 0 Å². The molecule has 0 radical (unpaired) electrons. The van der Waals surface area contributed by atoms with Crippen molar-refractivity contribution in [2.75, 3.05) is 13.7 Å². The van der Waals surface area contributed by atoms with Gasteiger partial charge >= 0.3 is 0 Å². The highest BCUT2D eigenvalue weighted by Gasteiger charge is 2.02. The summed E-state index contributed by atoms with van der Waals surface area (Å²) < 4.78 is 5.01. The maximum Gasteiger partial charge on any atom is 0.185 e. The van der Waals surface area contributed by atoms with Crippen LogP contribution in [0.1, 0.15) is 25.3 Å². The summed E-state index contributed by atoms with van der Waals surface area (Å²) in [6.07, 6.45) is 7.65. The smallest absolute Gasteiger partial charge is 0.185 e. The Balaban J connectivity index is 2.79. The monoisotopic (exact) mass is 250 g/mol. The van der Waals surface area contributed by atoms with Crippen LogP contribution in [0.5, 0.6) is 0 Å². The average molecular weight is 250 g/mol. The molecule has 0 aliphatic carbocycles. The van der Waals surface area contributed by atoms with Crippen molar-refractivity contribution in [2.24, 2.45) is 0 Å². The van der Waals surface area contributed by atoms with Crippen molar-refractivity contribution in [1.82, 2.24) is 10.3 Å². The van der Waals surface area contributed by atoms with Crippen LogP contribution in [0.2, 0.25) is 0 Å². The molecule has 0 spiro atoms. The van der Waals surface area contributed by atoms with Gasteiger partial charge in [0.2, 0.25) is 0 Å². The van der Waals surface area contributed by atoms with E-state index < -0.39 is 0 Å². The summed E-state index contributed by atoms with van der Waals surface area (Å²) in [7, 11) is 1.58. The third kappa shape index (κ3) is 4.95. The van der Waals surface area contributed by atoms with E-state index in [1.807, 2.05) is 18.2 Å². The first-order valence-corrected chi connectivity index (χ1v) is 6.12. The van der Waals surface area contributed by atoms with Gasteiger partial charge in [0.05, 0.1) is 7.11 Å². The minimum atomic E-state index is 0.473. The van der Waals surface area contributed by atoms with Crippen molar-refractivity contribution < 1.29 is 4.74 Å². The van der Waals surface area contributed by atoms with Crippen LogP contribution in [0.25, 0.3) is 5.70 Å². The molecular weight excluding hydrogens is 232 g/mol. The molecule has 0 saturated heterocycles. The Kier molecular flexibility index (Phi) is 6.25. The van der Waals surface area contributed by atoms with Gasteiger partial charge < -0.3 is 10.1 Å². The van der Waals surface area contributed by atoms with E-state index in [2.05, 4.69) is 17.2 Å². The number of methoxy groups -OCH3 is 1. The van der Waals surface area contributed by atoms with Crippen molar-refractivity contribution in [3.8, 4) is 0 Å². The van der Waals surface area contributed by atoms with Gasteiger partial charge in [0.25, 0.3) is 0 Å². The molecule has 0 bridgehead atoms. The molecule has 0 aliphatic heterocycles. The lowest BCUT2D eigenvalue weighted by Crippen LogP contribution is -2.15. The Morgan fingerprint density at radius 2 is 2.18 bits per heavy atom. The van der Waals surface area contributed by atoms with Gasteiger partial charge in [0, 0.05) is 36.3 Å². The zero-order chi connectivity index (χ0) is 12.5. The Bertz CT molecular complexity index is 376. The minimum Gasteiger partial charge on any atom is -0.487 e. The maximum absolute atomic E-state index is 5.06. The number of hydrogen-bond donors (Lipinski definition) is 1. The van der Waals surface area contributed by atoms with E-state index in [1.165, 1.54) is 0 Å². The highest BCUT2D eigenvalue weighted by Crippen LogP contribution is 2.10. The van der Waals surface area contributed by atoms with E-state index in [9.17, 15) is 0 Å². The number of unbranched alkanes of at least 4 members (excludes halogenated alkanes) is 1. The van der Waals surface area contributed by atoms with Gasteiger partial charge in [-0.2, -0.15) is 0 Å². The first-order chi connectivity index (χ1) is 8.27. The highest BCUT2D eigenvalue weighted by molar-refractivity contribution is 7.80. The zero-order valence-electron chi connectivity index (χ0n) is 10.3. The van der Waals surface area contributed by atoms with Gasteiger partial charge in [-0.1, -0.05) is 13.3 Å². The fourth-order valence-corrected chi connectivity index (χ4v) is 1.46. The zero-order valence-corrected chi connectivity index (χ0v) is 11.1. The van der Waals surface area contributed by atoms with E-state index in [0.29, 0.717) is 5.05 Å². The number of pyridine rings is 1. The summed E-state index contributed by atoms with van der Waals surface area (Å²) >= 11 is 5.06. The van der Waals surface area contributed by atoms with Crippen molar-refractivity contribution in [3.05, 3.63) is 36.2 Å². The fourth-order valence-electron chi connectivity index (χ4n) is 1.34. The van der Waals surface area contributed by atoms with Gasteiger partial charge in [-0.15, -0.1) is 0 Å². The molecule has 17 heavy (non-hydrogen) atoms. The molecule has 0 aliphatic rings. The summed E-state index contributed by atoms with van der Waals surface area (Å²) in [5.74, 6) is 0. The third-order valence-electron chi connectivity index (χ3n) is 2.30. The number of nitrogens with zero attached hydrogens (tertiary/aromatic N) is 1. The second-order valence-corrected chi connectivity index (χ2v) is 4.00. The van der Waals surface area contributed by atoms with E-state index >= 15 is 0 Å². The second-order valence-electron chi connectivity index (χ2n) is 3.60. The topological polar surface area (TPSA) is 34.1 Å². The Labute approximate surface area is 108 Å². The number of thiocarbonyl (C=S) groups is 1. The van der Waals surface area contributed by atoms with Crippen molar-refractivity contribution in [3.63, 3.8) is 0 Å². The third-order valence-corrected chi connectivity index (χ3v) is 2.58. The molecule has 1 aromatic rings. The van der Waals surface area contributed by atoms with E-state index in [4.69, 9.17) is 17.0 Å². The van der Waals surface area contributed by atoms with E-state index in [0.717, 1.165) is 30.6 Å². The van der Waals surface area contributed by atoms with Gasteiger partial charge in [-0.3, -0.25) is 4.98 Å². The number of aromatic nitrogens is 1. The van der Waals surface area contributed by atoms with Crippen LogP contribution in [0.3, 0.4) is 0 Å². The van der Waals surface area contributed by atoms with Gasteiger partial charge in [-0.05, 0) is 30.8 Å². The van der Waals surface area contributed by atoms with Crippen LogP contribution in [-0.4, -0.2) is 23.7 Å². The van der Waals surface area contributed by atoms with Gasteiger partial charge in [-0.25, -0.2) is 0 Å². The second kappa shape index (κ2) is 7.79. The highest BCUT2D eigenvalue weighted by atomic mass is 32.1. The van der Waals surface area contributed by atoms with Crippen LogP contribution in [-0.2, 0) is 4.74 Å². The molecule has 1 heterocycles. The van der Waals surface area contributed by atoms with Crippen molar-refractivity contribution in [2.45, 2.75) is 19.8 Å². The fraction of sp³-hybridized carbons (Fsp3) is 0.385. The predicted molar refractivity (Wildman–Crippen MR) is 74.7 cm³/mol. The molecule has 4 heteroatoms. The molecule has 3 nitrogen and oxygen atoms in total. The SMILES string of the molecule is CCCCN/C(=C\C(=S)OC)c1ccncc1.